The number of halogens is 5. The number of rotatable bonds is 4. The molecule has 1 aromatic carbocycles. The van der Waals surface area contributed by atoms with E-state index < -0.39 is 31.2 Å². The highest BCUT2D eigenvalue weighted by Gasteiger charge is 2.29. The summed E-state index contributed by atoms with van der Waals surface area (Å²) in [6.45, 7) is -1.97. The van der Waals surface area contributed by atoms with Crippen molar-refractivity contribution in [3.63, 3.8) is 0 Å². The molecule has 2 N–H and O–H groups in total. The third kappa shape index (κ3) is 4.14. The van der Waals surface area contributed by atoms with Gasteiger partial charge in [0.15, 0.2) is 0 Å². The van der Waals surface area contributed by atoms with Gasteiger partial charge in [-0.25, -0.2) is 4.39 Å². The van der Waals surface area contributed by atoms with Crippen LogP contribution in [0.25, 0.3) is 0 Å². The Bertz CT molecular complexity index is 383. The zero-order valence-electron chi connectivity index (χ0n) is 8.56. The van der Waals surface area contributed by atoms with Gasteiger partial charge in [-0.2, -0.15) is 13.2 Å². The van der Waals surface area contributed by atoms with Crippen LogP contribution in [0.1, 0.15) is 11.6 Å². The molecule has 96 valence electrons. The number of alkyl halides is 3. The van der Waals surface area contributed by atoms with Crippen LogP contribution < -0.4 is 5.32 Å². The summed E-state index contributed by atoms with van der Waals surface area (Å²) in [6, 6.07) is 2.80. The highest BCUT2D eigenvalue weighted by Crippen LogP contribution is 2.24. The van der Waals surface area contributed by atoms with Gasteiger partial charge in [0.25, 0.3) is 0 Å². The molecule has 1 rings (SSSR count). The van der Waals surface area contributed by atoms with E-state index in [0.29, 0.717) is 0 Å². The van der Waals surface area contributed by atoms with E-state index in [9.17, 15) is 17.6 Å². The van der Waals surface area contributed by atoms with Crippen molar-refractivity contribution in [2.24, 2.45) is 0 Å². The maximum atomic E-state index is 13.5. The van der Waals surface area contributed by atoms with E-state index in [4.69, 9.17) is 16.7 Å². The number of hydrogen-bond donors (Lipinski definition) is 2. The van der Waals surface area contributed by atoms with E-state index in [1.807, 2.05) is 5.32 Å². The smallest absolute Gasteiger partial charge is 0.394 e. The van der Waals surface area contributed by atoms with Gasteiger partial charge in [-0.1, -0.05) is 23.7 Å². The third-order valence-corrected chi connectivity index (χ3v) is 2.38. The Balaban J connectivity index is 2.83. The quantitative estimate of drug-likeness (QED) is 0.825. The molecule has 0 amide bonds. The topological polar surface area (TPSA) is 32.3 Å². The standard InChI is InChI=1S/C10H10ClF4NO/c11-7-3-1-2-6(9(7)12)8(4-17)16-5-10(13,14)15/h1-3,8,16-17H,4-5H2. The second-order valence-corrected chi connectivity index (χ2v) is 3.78. The van der Waals surface area contributed by atoms with Gasteiger partial charge in [-0.3, -0.25) is 5.32 Å². The van der Waals surface area contributed by atoms with E-state index in [1.54, 1.807) is 0 Å². The van der Waals surface area contributed by atoms with Crippen molar-refractivity contribution in [1.82, 2.24) is 5.32 Å². The molecule has 0 heterocycles. The fraction of sp³-hybridized carbons (Fsp3) is 0.400. The maximum absolute atomic E-state index is 13.5. The van der Waals surface area contributed by atoms with E-state index in [2.05, 4.69) is 0 Å². The number of aliphatic hydroxyl groups excluding tert-OH is 1. The molecule has 0 bridgehead atoms. The summed E-state index contributed by atoms with van der Waals surface area (Å²) in [6.07, 6.45) is -4.43. The molecule has 1 aromatic rings. The average Bonchev–Trinajstić information content (AvgIpc) is 2.23. The molecule has 0 aliphatic rings. The van der Waals surface area contributed by atoms with Gasteiger partial charge in [0.1, 0.15) is 5.82 Å². The summed E-state index contributed by atoms with van der Waals surface area (Å²) in [7, 11) is 0. The zero-order chi connectivity index (χ0) is 13.1. The summed E-state index contributed by atoms with van der Waals surface area (Å²) in [5.74, 6) is -0.831. The molecule has 0 aliphatic heterocycles. The van der Waals surface area contributed by atoms with E-state index >= 15 is 0 Å². The molecule has 2 nitrogen and oxygen atoms in total. The lowest BCUT2D eigenvalue weighted by Gasteiger charge is -2.18. The lowest BCUT2D eigenvalue weighted by atomic mass is 10.1. The summed E-state index contributed by atoms with van der Waals surface area (Å²) < 4.78 is 49.4. The van der Waals surface area contributed by atoms with Crippen LogP contribution in [0, 0.1) is 5.82 Å². The molecule has 0 spiro atoms. The molecule has 7 heteroatoms. The van der Waals surface area contributed by atoms with Crippen LogP contribution in [0.4, 0.5) is 17.6 Å². The van der Waals surface area contributed by atoms with Crippen molar-refractivity contribution in [1.29, 1.82) is 0 Å². The highest BCUT2D eigenvalue weighted by atomic mass is 35.5. The van der Waals surface area contributed by atoms with Crippen molar-refractivity contribution >= 4 is 11.6 Å². The molecule has 0 fully saturated rings. The van der Waals surface area contributed by atoms with Crippen molar-refractivity contribution in [3.05, 3.63) is 34.6 Å². The average molecular weight is 272 g/mol. The molecular weight excluding hydrogens is 262 g/mol. The van der Waals surface area contributed by atoms with Crippen LogP contribution >= 0.6 is 11.6 Å². The normalized spacial score (nSPS) is 13.8. The van der Waals surface area contributed by atoms with E-state index in [1.165, 1.54) is 18.2 Å². The van der Waals surface area contributed by atoms with Gasteiger partial charge in [0.2, 0.25) is 0 Å². The fourth-order valence-corrected chi connectivity index (χ4v) is 1.48. The van der Waals surface area contributed by atoms with Gasteiger partial charge in [0, 0.05) is 5.56 Å². The van der Waals surface area contributed by atoms with Crippen LogP contribution in [0.5, 0.6) is 0 Å². The molecular formula is C10H10ClF4NO. The minimum Gasteiger partial charge on any atom is -0.394 e. The minimum absolute atomic E-state index is 0.0933. The van der Waals surface area contributed by atoms with Crippen LogP contribution in [0.15, 0.2) is 18.2 Å². The fourth-order valence-electron chi connectivity index (χ4n) is 1.30. The van der Waals surface area contributed by atoms with Gasteiger partial charge in [-0.05, 0) is 6.07 Å². The van der Waals surface area contributed by atoms with Crippen molar-refractivity contribution in [3.8, 4) is 0 Å². The molecule has 1 atom stereocenters. The molecule has 0 radical (unpaired) electrons. The van der Waals surface area contributed by atoms with Crippen LogP contribution in [0.2, 0.25) is 5.02 Å². The summed E-state index contributed by atoms with van der Waals surface area (Å²) in [5.41, 5.74) is -0.0933. The molecule has 0 saturated heterocycles. The van der Waals surface area contributed by atoms with Gasteiger partial charge < -0.3 is 5.11 Å². The number of nitrogens with one attached hydrogen (secondary N) is 1. The van der Waals surface area contributed by atoms with Crippen molar-refractivity contribution in [2.75, 3.05) is 13.2 Å². The largest absolute Gasteiger partial charge is 0.401 e. The summed E-state index contributed by atoms with van der Waals surface area (Å²) in [5, 5.41) is 10.8. The second kappa shape index (κ2) is 5.66. The predicted octanol–water partition coefficient (Wildman–Crippen LogP) is 2.66. The monoisotopic (exact) mass is 271 g/mol. The number of aliphatic hydroxyl groups is 1. The molecule has 0 aromatic heterocycles. The van der Waals surface area contributed by atoms with Gasteiger partial charge in [0.05, 0.1) is 24.2 Å². The van der Waals surface area contributed by atoms with Crippen molar-refractivity contribution < 1.29 is 22.7 Å². The SMILES string of the molecule is OCC(NCC(F)(F)F)c1cccc(Cl)c1F. The zero-order valence-corrected chi connectivity index (χ0v) is 9.32. The summed E-state index contributed by atoms with van der Waals surface area (Å²) >= 11 is 5.50. The Hall–Kier alpha value is -0.850. The van der Waals surface area contributed by atoms with Crippen LogP contribution in [-0.4, -0.2) is 24.4 Å². The molecule has 17 heavy (non-hydrogen) atoms. The maximum Gasteiger partial charge on any atom is 0.401 e. The van der Waals surface area contributed by atoms with Gasteiger partial charge >= 0.3 is 6.18 Å². The lowest BCUT2D eigenvalue weighted by Crippen LogP contribution is -2.34. The minimum atomic E-state index is -4.43. The second-order valence-electron chi connectivity index (χ2n) is 3.37. The first-order chi connectivity index (χ1) is 7.85. The first-order valence-corrected chi connectivity index (χ1v) is 5.08. The Labute approximate surface area is 100 Å². The number of hydrogen-bond acceptors (Lipinski definition) is 2. The van der Waals surface area contributed by atoms with E-state index in [-0.39, 0.29) is 10.6 Å². The predicted molar refractivity (Wildman–Crippen MR) is 55.3 cm³/mol. The van der Waals surface area contributed by atoms with Crippen molar-refractivity contribution in [2.45, 2.75) is 12.2 Å². The lowest BCUT2D eigenvalue weighted by molar-refractivity contribution is -0.126. The van der Waals surface area contributed by atoms with E-state index in [0.717, 1.165) is 0 Å². The first kappa shape index (κ1) is 14.2. The van der Waals surface area contributed by atoms with Gasteiger partial charge in [-0.15, -0.1) is 0 Å². The third-order valence-electron chi connectivity index (χ3n) is 2.09. The highest BCUT2D eigenvalue weighted by molar-refractivity contribution is 6.30. The van der Waals surface area contributed by atoms with Crippen LogP contribution in [-0.2, 0) is 0 Å². The Morgan fingerprint density at radius 2 is 2.00 bits per heavy atom. The Kier molecular flexibility index (Phi) is 4.73. The van der Waals surface area contributed by atoms with Crippen LogP contribution in [0.3, 0.4) is 0 Å². The first-order valence-electron chi connectivity index (χ1n) is 4.70. The number of benzene rings is 1. The Morgan fingerprint density at radius 1 is 1.35 bits per heavy atom. The summed E-state index contributed by atoms with van der Waals surface area (Å²) in [4.78, 5) is 0. The molecule has 0 aliphatic carbocycles. The molecule has 1 unspecified atom stereocenters. The molecule has 0 saturated carbocycles. The Morgan fingerprint density at radius 3 is 2.53 bits per heavy atom.